The lowest BCUT2D eigenvalue weighted by atomic mass is 10.1. The molecule has 1 fully saturated rings. The fourth-order valence-electron chi connectivity index (χ4n) is 3.28. The molecule has 0 bridgehead atoms. The van der Waals surface area contributed by atoms with Gasteiger partial charge < -0.3 is 25.0 Å². The minimum Gasteiger partial charge on any atom is -0.495 e. The number of hydrogen-bond donors (Lipinski definition) is 1. The van der Waals surface area contributed by atoms with Gasteiger partial charge >= 0.3 is 5.97 Å². The quantitative estimate of drug-likeness (QED) is 0.657. The van der Waals surface area contributed by atoms with Crippen LogP contribution in [0.4, 0.5) is 17.1 Å². The van der Waals surface area contributed by atoms with Gasteiger partial charge in [-0.1, -0.05) is 12.1 Å². The summed E-state index contributed by atoms with van der Waals surface area (Å²) in [5, 5.41) is 0. The van der Waals surface area contributed by atoms with Crippen LogP contribution in [0.1, 0.15) is 17.3 Å². The highest BCUT2D eigenvalue weighted by Crippen LogP contribution is 2.30. The van der Waals surface area contributed by atoms with E-state index in [1.54, 1.807) is 20.1 Å². The molecular weight excluding hydrogens is 330 g/mol. The molecular formula is C20H25N3O3. The lowest BCUT2D eigenvalue weighted by molar-refractivity contribution is 0.0527. The van der Waals surface area contributed by atoms with Crippen molar-refractivity contribution in [3.8, 4) is 5.75 Å². The predicted molar refractivity (Wildman–Crippen MR) is 104 cm³/mol. The SMILES string of the molecule is CCOC(=O)c1cc(N)ccc1N1CCN(c2ccccc2OC)CC1. The second-order valence-electron chi connectivity index (χ2n) is 6.14. The Balaban J connectivity index is 1.77. The minimum absolute atomic E-state index is 0.332. The van der Waals surface area contributed by atoms with Gasteiger partial charge in [0, 0.05) is 31.9 Å². The zero-order chi connectivity index (χ0) is 18.5. The highest BCUT2D eigenvalue weighted by molar-refractivity contribution is 5.97. The van der Waals surface area contributed by atoms with Crippen LogP contribution < -0.4 is 20.3 Å². The molecule has 6 nitrogen and oxygen atoms in total. The van der Waals surface area contributed by atoms with Gasteiger partial charge in [-0.15, -0.1) is 0 Å². The molecule has 26 heavy (non-hydrogen) atoms. The number of para-hydroxylation sites is 2. The molecule has 0 unspecified atom stereocenters. The summed E-state index contributed by atoms with van der Waals surface area (Å²) in [6, 6.07) is 13.5. The minimum atomic E-state index is -0.332. The maximum Gasteiger partial charge on any atom is 0.340 e. The van der Waals surface area contributed by atoms with Gasteiger partial charge in [0.25, 0.3) is 0 Å². The fraction of sp³-hybridized carbons (Fsp3) is 0.350. The number of nitrogens with two attached hydrogens (primary N) is 1. The first-order chi connectivity index (χ1) is 12.6. The first kappa shape index (κ1) is 17.9. The number of ether oxygens (including phenoxy) is 2. The van der Waals surface area contributed by atoms with Crippen LogP contribution in [0.25, 0.3) is 0 Å². The first-order valence-corrected chi connectivity index (χ1v) is 8.83. The van der Waals surface area contributed by atoms with Crippen molar-refractivity contribution in [3.63, 3.8) is 0 Å². The number of carbonyl (C=O) groups excluding carboxylic acids is 1. The molecule has 6 heteroatoms. The Morgan fingerprint density at radius 2 is 1.69 bits per heavy atom. The molecule has 2 aromatic rings. The molecule has 1 aliphatic rings. The van der Waals surface area contributed by atoms with E-state index in [2.05, 4.69) is 15.9 Å². The Morgan fingerprint density at radius 1 is 1.04 bits per heavy atom. The molecule has 1 heterocycles. The highest BCUT2D eigenvalue weighted by atomic mass is 16.5. The van der Waals surface area contributed by atoms with Crippen LogP contribution in [0.2, 0.25) is 0 Å². The first-order valence-electron chi connectivity index (χ1n) is 8.83. The number of rotatable bonds is 5. The molecule has 1 aliphatic heterocycles. The Hall–Kier alpha value is -2.89. The fourth-order valence-corrected chi connectivity index (χ4v) is 3.28. The van der Waals surface area contributed by atoms with Gasteiger partial charge in [-0.3, -0.25) is 0 Å². The van der Waals surface area contributed by atoms with Gasteiger partial charge in [0.2, 0.25) is 0 Å². The van der Waals surface area contributed by atoms with Crippen molar-refractivity contribution < 1.29 is 14.3 Å². The van der Waals surface area contributed by atoms with Crippen LogP contribution in [-0.2, 0) is 4.74 Å². The maximum atomic E-state index is 12.3. The van der Waals surface area contributed by atoms with E-state index in [-0.39, 0.29) is 5.97 Å². The van der Waals surface area contributed by atoms with Gasteiger partial charge in [0.15, 0.2) is 0 Å². The molecule has 2 aromatic carbocycles. The van der Waals surface area contributed by atoms with Gasteiger partial charge in [0.1, 0.15) is 5.75 Å². The number of esters is 1. The second kappa shape index (κ2) is 7.99. The lowest BCUT2D eigenvalue weighted by Crippen LogP contribution is -2.47. The second-order valence-corrected chi connectivity index (χ2v) is 6.14. The molecule has 138 valence electrons. The molecule has 0 spiro atoms. The standard InChI is InChI=1S/C20H25N3O3/c1-3-26-20(24)16-14-15(21)8-9-17(16)22-10-12-23(13-11-22)18-6-4-5-7-19(18)25-2/h4-9,14H,3,10-13,21H2,1-2H3. The van der Waals surface area contributed by atoms with E-state index >= 15 is 0 Å². The number of benzene rings is 2. The molecule has 0 aliphatic carbocycles. The van der Waals surface area contributed by atoms with Gasteiger partial charge in [-0.2, -0.15) is 0 Å². The molecule has 2 N–H and O–H groups in total. The van der Waals surface area contributed by atoms with Gasteiger partial charge in [0.05, 0.1) is 30.7 Å². The lowest BCUT2D eigenvalue weighted by Gasteiger charge is -2.38. The van der Waals surface area contributed by atoms with Gasteiger partial charge in [-0.25, -0.2) is 4.79 Å². The van der Waals surface area contributed by atoms with Crippen LogP contribution in [0.3, 0.4) is 0 Å². The van der Waals surface area contributed by atoms with Crippen LogP contribution >= 0.6 is 0 Å². The number of carbonyl (C=O) groups is 1. The largest absolute Gasteiger partial charge is 0.495 e. The van der Waals surface area contributed by atoms with Crippen molar-refractivity contribution >= 4 is 23.0 Å². The monoisotopic (exact) mass is 355 g/mol. The summed E-state index contributed by atoms with van der Waals surface area (Å²) in [5.41, 5.74) is 8.93. The number of nitrogen functional groups attached to an aromatic ring is 1. The van der Waals surface area contributed by atoms with Crippen molar-refractivity contribution in [1.29, 1.82) is 0 Å². The third-order valence-electron chi connectivity index (χ3n) is 4.56. The Kier molecular flexibility index (Phi) is 5.51. The summed E-state index contributed by atoms with van der Waals surface area (Å²) >= 11 is 0. The third kappa shape index (κ3) is 3.69. The Morgan fingerprint density at radius 3 is 2.35 bits per heavy atom. The average molecular weight is 355 g/mol. The van der Waals surface area contributed by atoms with Crippen molar-refractivity contribution in [1.82, 2.24) is 0 Å². The van der Waals surface area contributed by atoms with E-state index < -0.39 is 0 Å². The van der Waals surface area contributed by atoms with Crippen molar-refractivity contribution in [2.75, 3.05) is 55.4 Å². The number of piperazine rings is 1. The van der Waals surface area contributed by atoms with Crippen molar-refractivity contribution in [2.45, 2.75) is 6.92 Å². The summed E-state index contributed by atoms with van der Waals surface area (Å²) < 4.78 is 10.7. The van der Waals surface area contributed by atoms with E-state index in [0.717, 1.165) is 43.3 Å². The van der Waals surface area contributed by atoms with Crippen LogP contribution in [-0.4, -0.2) is 45.9 Å². The van der Waals surface area contributed by atoms with Gasteiger partial charge in [-0.05, 0) is 37.3 Å². The van der Waals surface area contributed by atoms with Crippen molar-refractivity contribution in [2.24, 2.45) is 0 Å². The number of hydrogen-bond acceptors (Lipinski definition) is 6. The molecule has 0 radical (unpaired) electrons. The summed E-state index contributed by atoms with van der Waals surface area (Å²) in [7, 11) is 1.69. The van der Waals surface area contributed by atoms with E-state index in [0.29, 0.717) is 17.9 Å². The van der Waals surface area contributed by atoms with E-state index in [1.165, 1.54) is 0 Å². The molecule has 1 saturated heterocycles. The number of anilines is 3. The van der Waals surface area contributed by atoms with Crippen LogP contribution in [0.15, 0.2) is 42.5 Å². The molecule has 3 rings (SSSR count). The third-order valence-corrected chi connectivity index (χ3v) is 4.56. The van der Waals surface area contributed by atoms with Crippen LogP contribution in [0.5, 0.6) is 5.75 Å². The smallest absolute Gasteiger partial charge is 0.340 e. The normalized spacial score (nSPS) is 14.2. The summed E-state index contributed by atoms with van der Waals surface area (Å²) in [6.45, 7) is 5.42. The van der Waals surface area contributed by atoms with Crippen LogP contribution in [0, 0.1) is 0 Å². The summed E-state index contributed by atoms with van der Waals surface area (Å²) in [4.78, 5) is 16.8. The topological polar surface area (TPSA) is 68.0 Å². The predicted octanol–water partition coefficient (Wildman–Crippen LogP) is 2.78. The van der Waals surface area contributed by atoms with E-state index in [1.807, 2.05) is 30.3 Å². The van der Waals surface area contributed by atoms with E-state index in [4.69, 9.17) is 15.2 Å². The summed E-state index contributed by atoms with van der Waals surface area (Å²) in [5.74, 6) is 0.544. The number of nitrogens with zero attached hydrogens (tertiary/aromatic N) is 2. The Bertz CT molecular complexity index is 771. The highest BCUT2D eigenvalue weighted by Gasteiger charge is 2.23. The zero-order valence-electron chi connectivity index (χ0n) is 15.3. The summed E-state index contributed by atoms with van der Waals surface area (Å²) in [6.07, 6.45) is 0. The maximum absolute atomic E-state index is 12.3. The Labute approximate surface area is 154 Å². The average Bonchev–Trinajstić information content (AvgIpc) is 2.68. The molecule has 0 atom stereocenters. The molecule has 0 amide bonds. The molecule has 0 aromatic heterocycles. The van der Waals surface area contributed by atoms with Crippen molar-refractivity contribution in [3.05, 3.63) is 48.0 Å². The molecule has 0 saturated carbocycles. The zero-order valence-corrected chi connectivity index (χ0v) is 15.3. The number of methoxy groups -OCH3 is 1. The van der Waals surface area contributed by atoms with E-state index in [9.17, 15) is 4.79 Å².